The number of Topliss-reactive ketones (excluding diaryl/α,β-unsaturated/α-hetero) is 1. The van der Waals surface area contributed by atoms with Crippen molar-refractivity contribution >= 4 is 5.78 Å². The third-order valence-corrected chi connectivity index (χ3v) is 4.81. The Kier molecular flexibility index (Phi) is 4.20. The Morgan fingerprint density at radius 3 is 2.24 bits per heavy atom. The fraction of sp³-hybridized carbons (Fsp3) is 0.238. The number of benzene rings is 2. The smallest absolute Gasteiger partial charge is 0.159 e. The summed E-state index contributed by atoms with van der Waals surface area (Å²) in [5, 5.41) is 3.46. The molecule has 0 aliphatic carbocycles. The molecule has 0 amide bonds. The van der Waals surface area contributed by atoms with E-state index in [1.807, 2.05) is 30.5 Å². The van der Waals surface area contributed by atoms with Gasteiger partial charge >= 0.3 is 0 Å². The van der Waals surface area contributed by atoms with Gasteiger partial charge in [-0.15, -0.1) is 0 Å². The van der Waals surface area contributed by atoms with Crippen LogP contribution in [0.1, 0.15) is 42.0 Å². The molecule has 3 aromatic rings. The second kappa shape index (κ2) is 6.65. The van der Waals surface area contributed by atoms with E-state index in [1.165, 1.54) is 6.42 Å². The molecule has 0 bridgehead atoms. The van der Waals surface area contributed by atoms with Crippen LogP contribution in [0.15, 0.2) is 54.7 Å². The largest absolute Gasteiger partial charge is 0.341 e. The van der Waals surface area contributed by atoms with E-state index >= 15 is 0 Å². The van der Waals surface area contributed by atoms with Gasteiger partial charge in [0.1, 0.15) is 5.82 Å². The van der Waals surface area contributed by atoms with Crippen molar-refractivity contribution in [2.75, 3.05) is 6.54 Å². The lowest BCUT2D eigenvalue weighted by atomic mass is 10.0. The number of aromatic nitrogens is 2. The average Bonchev–Trinajstić information content (AvgIpc) is 3.33. The Bertz CT molecular complexity index is 872. The van der Waals surface area contributed by atoms with Gasteiger partial charge in [0, 0.05) is 5.56 Å². The highest BCUT2D eigenvalue weighted by atomic mass is 16.1. The summed E-state index contributed by atoms with van der Waals surface area (Å²) in [6.45, 7) is 2.65. The number of carbonyl (C=O) groups excluding carboxylic acids is 1. The van der Waals surface area contributed by atoms with E-state index in [4.69, 9.17) is 0 Å². The van der Waals surface area contributed by atoms with E-state index in [0.717, 1.165) is 46.7 Å². The van der Waals surface area contributed by atoms with Gasteiger partial charge in [-0.25, -0.2) is 4.98 Å². The van der Waals surface area contributed by atoms with Crippen molar-refractivity contribution in [1.82, 2.24) is 15.3 Å². The van der Waals surface area contributed by atoms with Crippen LogP contribution < -0.4 is 5.32 Å². The minimum atomic E-state index is 0.0914. The second-order valence-corrected chi connectivity index (χ2v) is 6.54. The molecule has 4 rings (SSSR count). The van der Waals surface area contributed by atoms with Gasteiger partial charge in [0.05, 0.1) is 17.9 Å². The first-order chi connectivity index (χ1) is 12.2. The van der Waals surface area contributed by atoms with E-state index in [2.05, 4.69) is 39.6 Å². The predicted octanol–water partition coefficient (Wildman–Crippen LogP) is 4.37. The first-order valence-electron chi connectivity index (χ1n) is 8.71. The van der Waals surface area contributed by atoms with Crippen LogP contribution in [-0.2, 0) is 0 Å². The summed E-state index contributed by atoms with van der Waals surface area (Å²) in [4.78, 5) is 19.3. The molecule has 1 atom stereocenters. The third kappa shape index (κ3) is 3.26. The lowest BCUT2D eigenvalue weighted by molar-refractivity contribution is 0.101. The Morgan fingerprint density at radius 1 is 1.00 bits per heavy atom. The first kappa shape index (κ1) is 15.8. The first-order valence-corrected chi connectivity index (χ1v) is 8.71. The van der Waals surface area contributed by atoms with E-state index in [-0.39, 0.29) is 5.78 Å². The van der Waals surface area contributed by atoms with Gasteiger partial charge in [0.25, 0.3) is 0 Å². The van der Waals surface area contributed by atoms with Crippen LogP contribution in [0, 0.1) is 0 Å². The van der Waals surface area contributed by atoms with Gasteiger partial charge < -0.3 is 10.3 Å². The molecule has 4 heteroatoms. The summed E-state index contributed by atoms with van der Waals surface area (Å²) in [5.41, 5.74) is 5.15. The molecule has 4 nitrogen and oxygen atoms in total. The summed E-state index contributed by atoms with van der Waals surface area (Å²) in [6, 6.07) is 16.5. The van der Waals surface area contributed by atoms with E-state index < -0.39 is 0 Å². The van der Waals surface area contributed by atoms with Gasteiger partial charge in [-0.05, 0) is 43.0 Å². The molecular weight excluding hydrogens is 310 g/mol. The number of H-pyrrole nitrogens is 1. The highest BCUT2D eigenvalue weighted by molar-refractivity contribution is 5.94. The van der Waals surface area contributed by atoms with Gasteiger partial charge in [0.15, 0.2) is 5.78 Å². The van der Waals surface area contributed by atoms with Crippen LogP contribution in [0.3, 0.4) is 0 Å². The molecule has 2 heterocycles. The van der Waals surface area contributed by atoms with Crippen molar-refractivity contribution in [1.29, 1.82) is 0 Å². The molecule has 1 aliphatic rings. The summed E-state index contributed by atoms with van der Waals surface area (Å²) in [5.74, 6) is 1.12. The SMILES string of the molecule is CC(=O)c1ccc(-c2ccc(-c3cnc([C@H]4CCCN4)[nH]3)cc2)cc1. The van der Waals surface area contributed by atoms with Gasteiger partial charge in [0.2, 0.25) is 0 Å². The predicted molar refractivity (Wildman–Crippen MR) is 99.4 cm³/mol. The van der Waals surface area contributed by atoms with Crippen LogP contribution in [0.25, 0.3) is 22.4 Å². The number of carbonyl (C=O) groups is 1. The number of hydrogen-bond donors (Lipinski definition) is 2. The fourth-order valence-corrected chi connectivity index (χ4v) is 3.32. The third-order valence-electron chi connectivity index (χ3n) is 4.81. The maximum Gasteiger partial charge on any atom is 0.159 e. The number of imidazole rings is 1. The molecule has 1 aromatic heterocycles. The van der Waals surface area contributed by atoms with Gasteiger partial charge in [-0.2, -0.15) is 0 Å². The Morgan fingerprint density at radius 2 is 1.64 bits per heavy atom. The lowest BCUT2D eigenvalue weighted by Crippen LogP contribution is -2.14. The van der Waals surface area contributed by atoms with Crippen molar-refractivity contribution in [3.8, 4) is 22.4 Å². The maximum atomic E-state index is 11.4. The topological polar surface area (TPSA) is 57.8 Å². The molecule has 25 heavy (non-hydrogen) atoms. The number of hydrogen-bond acceptors (Lipinski definition) is 3. The number of aromatic amines is 1. The summed E-state index contributed by atoms with van der Waals surface area (Å²) in [7, 11) is 0. The molecular formula is C21H21N3O. The molecule has 1 saturated heterocycles. The molecule has 1 aliphatic heterocycles. The van der Waals surface area contributed by atoms with Gasteiger partial charge in [-0.3, -0.25) is 4.79 Å². The van der Waals surface area contributed by atoms with Crippen LogP contribution in [0.5, 0.6) is 0 Å². The Labute approximate surface area is 147 Å². The van der Waals surface area contributed by atoms with E-state index in [0.29, 0.717) is 6.04 Å². The summed E-state index contributed by atoms with van der Waals surface area (Å²) >= 11 is 0. The minimum Gasteiger partial charge on any atom is -0.341 e. The molecule has 0 unspecified atom stereocenters. The van der Waals surface area contributed by atoms with Crippen molar-refractivity contribution in [3.63, 3.8) is 0 Å². The van der Waals surface area contributed by atoms with Crippen LogP contribution in [0.4, 0.5) is 0 Å². The zero-order valence-electron chi connectivity index (χ0n) is 14.3. The highest BCUT2D eigenvalue weighted by Crippen LogP contribution is 2.26. The number of nitrogens with zero attached hydrogens (tertiary/aromatic N) is 1. The lowest BCUT2D eigenvalue weighted by Gasteiger charge is -2.06. The zero-order valence-corrected chi connectivity index (χ0v) is 14.3. The molecule has 0 radical (unpaired) electrons. The molecule has 2 N–H and O–H groups in total. The van der Waals surface area contributed by atoms with Crippen molar-refractivity contribution in [2.24, 2.45) is 0 Å². The Balaban J connectivity index is 1.54. The van der Waals surface area contributed by atoms with E-state index in [1.54, 1.807) is 6.92 Å². The van der Waals surface area contributed by atoms with Crippen LogP contribution >= 0.6 is 0 Å². The fourth-order valence-electron chi connectivity index (χ4n) is 3.32. The number of rotatable bonds is 4. The second-order valence-electron chi connectivity index (χ2n) is 6.54. The van der Waals surface area contributed by atoms with Crippen LogP contribution in [-0.4, -0.2) is 22.3 Å². The maximum absolute atomic E-state index is 11.4. The van der Waals surface area contributed by atoms with E-state index in [9.17, 15) is 4.79 Å². The average molecular weight is 331 g/mol. The standard InChI is InChI=1S/C21H21N3O/c1-14(25)15-4-6-16(7-5-15)17-8-10-18(11-9-17)20-13-23-21(24-20)19-3-2-12-22-19/h4-11,13,19,22H,2-3,12H2,1H3,(H,23,24)/t19-/m1/s1. The van der Waals surface area contributed by atoms with Crippen molar-refractivity contribution in [2.45, 2.75) is 25.8 Å². The quantitative estimate of drug-likeness (QED) is 0.698. The molecule has 0 spiro atoms. The normalized spacial score (nSPS) is 16.9. The van der Waals surface area contributed by atoms with Crippen molar-refractivity contribution < 1.29 is 4.79 Å². The number of ketones is 1. The molecule has 2 aromatic carbocycles. The molecule has 1 fully saturated rings. The monoisotopic (exact) mass is 331 g/mol. The summed E-state index contributed by atoms with van der Waals surface area (Å²) < 4.78 is 0. The molecule has 126 valence electrons. The number of nitrogens with one attached hydrogen (secondary N) is 2. The summed E-state index contributed by atoms with van der Waals surface area (Å²) in [6.07, 6.45) is 4.26. The minimum absolute atomic E-state index is 0.0914. The molecule has 0 saturated carbocycles. The van der Waals surface area contributed by atoms with Crippen molar-refractivity contribution in [3.05, 3.63) is 66.1 Å². The Hall–Kier alpha value is -2.72. The zero-order chi connectivity index (χ0) is 17.2. The van der Waals surface area contributed by atoms with Crippen LogP contribution in [0.2, 0.25) is 0 Å². The highest BCUT2D eigenvalue weighted by Gasteiger charge is 2.19. The van der Waals surface area contributed by atoms with Gasteiger partial charge in [-0.1, -0.05) is 48.5 Å².